The van der Waals surface area contributed by atoms with E-state index in [1.807, 2.05) is 38.1 Å². The van der Waals surface area contributed by atoms with Crippen LogP contribution in [0.3, 0.4) is 0 Å². The number of hydrogen-bond acceptors (Lipinski definition) is 2. The Hall–Kier alpha value is -1.75. The van der Waals surface area contributed by atoms with Crippen molar-refractivity contribution in [3.8, 4) is 0 Å². The first kappa shape index (κ1) is 18.3. The quantitative estimate of drug-likeness (QED) is 0.530. The fraction of sp³-hybridized carbons (Fsp3) is 0.500. The number of amides is 1. The number of halogens is 1. The summed E-state index contributed by atoms with van der Waals surface area (Å²) in [6, 6.07) is 7.96. The number of carbonyl (C=O) groups excluding carboxylic acids is 1. The van der Waals surface area contributed by atoms with E-state index < -0.39 is 0 Å². The molecule has 0 radical (unpaired) electrons. The number of rotatable bonds is 7. The Balaban J connectivity index is 2.22. The van der Waals surface area contributed by atoms with E-state index >= 15 is 0 Å². The van der Waals surface area contributed by atoms with Gasteiger partial charge >= 0.3 is 0 Å². The molecular weight excluding hydrogens is 300 g/mol. The predicted molar refractivity (Wildman–Crippen MR) is 92.4 cm³/mol. The molecule has 6 heteroatoms. The van der Waals surface area contributed by atoms with Crippen LogP contribution < -0.4 is 16.0 Å². The molecule has 22 heavy (non-hydrogen) atoms. The van der Waals surface area contributed by atoms with Crippen LogP contribution in [-0.4, -0.2) is 38.0 Å². The van der Waals surface area contributed by atoms with Crippen LogP contribution in [0.5, 0.6) is 0 Å². The molecule has 1 rings (SSSR count). The van der Waals surface area contributed by atoms with Gasteiger partial charge in [0.1, 0.15) is 0 Å². The number of benzene rings is 1. The van der Waals surface area contributed by atoms with E-state index in [-0.39, 0.29) is 11.9 Å². The third-order valence-corrected chi connectivity index (χ3v) is 3.19. The van der Waals surface area contributed by atoms with E-state index in [9.17, 15) is 4.79 Å². The molecule has 0 saturated carbocycles. The van der Waals surface area contributed by atoms with Gasteiger partial charge in [0.15, 0.2) is 5.96 Å². The van der Waals surface area contributed by atoms with E-state index in [0.717, 1.165) is 18.0 Å². The first-order valence-electron chi connectivity index (χ1n) is 7.49. The number of nitrogens with one attached hydrogen (secondary N) is 3. The number of aliphatic imine (C=N–C) groups is 1. The van der Waals surface area contributed by atoms with E-state index in [2.05, 4.69) is 20.9 Å². The molecule has 0 atom stereocenters. The lowest BCUT2D eigenvalue weighted by Crippen LogP contribution is -2.40. The normalized spacial score (nSPS) is 11.4. The van der Waals surface area contributed by atoms with Crippen LogP contribution in [0.15, 0.2) is 29.3 Å². The van der Waals surface area contributed by atoms with Gasteiger partial charge in [0.05, 0.1) is 0 Å². The van der Waals surface area contributed by atoms with Crippen molar-refractivity contribution in [3.05, 3.63) is 34.9 Å². The van der Waals surface area contributed by atoms with Gasteiger partial charge in [-0.2, -0.15) is 0 Å². The molecule has 0 saturated heterocycles. The highest BCUT2D eigenvalue weighted by Crippen LogP contribution is 2.09. The van der Waals surface area contributed by atoms with Crippen molar-refractivity contribution in [2.45, 2.75) is 32.7 Å². The SMILES string of the molecule is CN=C(NCCC(=O)NC(C)C)NCCc1ccc(Cl)cc1. The molecule has 0 aromatic heterocycles. The second-order valence-electron chi connectivity index (χ2n) is 5.27. The van der Waals surface area contributed by atoms with Crippen molar-refractivity contribution in [1.29, 1.82) is 0 Å². The largest absolute Gasteiger partial charge is 0.356 e. The van der Waals surface area contributed by atoms with Crippen LogP contribution in [0, 0.1) is 0 Å². The minimum Gasteiger partial charge on any atom is -0.356 e. The Kier molecular flexibility index (Phi) is 8.36. The Morgan fingerprint density at radius 2 is 1.82 bits per heavy atom. The average molecular weight is 325 g/mol. The molecule has 1 aromatic carbocycles. The van der Waals surface area contributed by atoms with Gasteiger partial charge in [-0.1, -0.05) is 23.7 Å². The average Bonchev–Trinajstić information content (AvgIpc) is 2.47. The van der Waals surface area contributed by atoms with Crippen LogP contribution in [0.4, 0.5) is 0 Å². The molecule has 0 heterocycles. The summed E-state index contributed by atoms with van der Waals surface area (Å²) in [4.78, 5) is 15.7. The van der Waals surface area contributed by atoms with Gasteiger partial charge in [0, 0.05) is 37.6 Å². The minimum atomic E-state index is 0.0408. The Morgan fingerprint density at radius 3 is 2.41 bits per heavy atom. The molecule has 1 amide bonds. The fourth-order valence-electron chi connectivity index (χ4n) is 1.89. The molecular formula is C16H25ClN4O. The van der Waals surface area contributed by atoms with Crippen LogP contribution in [0.25, 0.3) is 0 Å². The standard InChI is InChI=1S/C16H25ClN4O/c1-12(2)21-15(22)9-11-20-16(18-3)19-10-8-13-4-6-14(17)7-5-13/h4-7,12H,8-11H2,1-3H3,(H,21,22)(H2,18,19,20). The highest BCUT2D eigenvalue weighted by atomic mass is 35.5. The summed E-state index contributed by atoms with van der Waals surface area (Å²) >= 11 is 5.86. The molecule has 122 valence electrons. The molecule has 0 unspecified atom stereocenters. The first-order chi connectivity index (χ1) is 10.5. The maximum Gasteiger partial charge on any atom is 0.221 e. The Bertz CT molecular complexity index is 485. The molecule has 3 N–H and O–H groups in total. The summed E-state index contributed by atoms with van der Waals surface area (Å²) in [5.41, 5.74) is 1.21. The van der Waals surface area contributed by atoms with Crippen LogP contribution in [-0.2, 0) is 11.2 Å². The topological polar surface area (TPSA) is 65.5 Å². The van der Waals surface area contributed by atoms with Gasteiger partial charge in [-0.25, -0.2) is 0 Å². The lowest BCUT2D eigenvalue weighted by atomic mass is 10.1. The van der Waals surface area contributed by atoms with Gasteiger partial charge in [-0.05, 0) is 38.0 Å². The third kappa shape index (κ3) is 7.88. The van der Waals surface area contributed by atoms with E-state index in [0.29, 0.717) is 18.9 Å². The van der Waals surface area contributed by atoms with Crippen molar-refractivity contribution in [3.63, 3.8) is 0 Å². The minimum absolute atomic E-state index is 0.0408. The zero-order valence-electron chi connectivity index (χ0n) is 13.4. The molecule has 0 fully saturated rings. The number of hydrogen-bond donors (Lipinski definition) is 3. The van der Waals surface area contributed by atoms with E-state index in [1.54, 1.807) is 7.05 Å². The van der Waals surface area contributed by atoms with Gasteiger partial charge in [-0.3, -0.25) is 9.79 Å². The number of nitrogens with zero attached hydrogens (tertiary/aromatic N) is 1. The molecule has 1 aromatic rings. The zero-order valence-corrected chi connectivity index (χ0v) is 14.2. The van der Waals surface area contributed by atoms with Gasteiger partial charge in [-0.15, -0.1) is 0 Å². The van der Waals surface area contributed by atoms with Crippen LogP contribution in [0.1, 0.15) is 25.8 Å². The van der Waals surface area contributed by atoms with Crippen molar-refractivity contribution in [2.24, 2.45) is 4.99 Å². The van der Waals surface area contributed by atoms with Crippen LogP contribution in [0.2, 0.25) is 5.02 Å². The van der Waals surface area contributed by atoms with Crippen molar-refractivity contribution < 1.29 is 4.79 Å². The molecule has 0 bridgehead atoms. The van der Waals surface area contributed by atoms with E-state index in [4.69, 9.17) is 11.6 Å². The highest BCUT2D eigenvalue weighted by molar-refractivity contribution is 6.30. The Labute approximate surface area is 137 Å². The predicted octanol–water partition coefficient (Wildman–Crippen LogP) is 1.96. The monoisotopic (exact) mass is 324 g/mol. The third-order valence-electron chi connectivity index (χ3n) is 2.94. The second kappa shape index (κ2) is 10.1. The van der Waals surface area contributed by atoms with Crippen LogP contribution >= 0.6 is 11.6 Å². The molecule has 0 spiro atoms. The maximum atomic E-state index is 11.5. The van der Waals surface area contributed by atoms with Crippen molar-refractivity contribution in [1.82, 2.24) is 16.0 Å². The summed E-state index contributed by atoms with van der Waals surface area (Å²) in [5, 5.41) is 9.95. The van der Waals surface area contributed by atoms with Gasteiger partial charge < -0.3 is 16.0 Å². The number of carbonyl (C=O) groups is 1. The molecule has 5 nitrogen and oxygen atoms in total. The molecule has 0 aliphatic heterocycles. The summed E-state index contributed by atoms with van der Waals surface area (Å²) in [6.07, 6.45) is 1.31. The highest BCUT2D eigenvalue weighted by Gasteiger charge is 2.03. The summed E-state index contributed by atoms with van der Waals surface area (Å²) in [6.45, 7) is 5.21. The fourth-order valence-corrected chi connectivity index (χ4v) is 2.01. The maximum absolute atomic E-state index is 11.5. The smallest absolute Gasteiger partial charge is 0.221 e. The Morgan fingerprint density at radius 1 is 1.18 bits per heavy atom. The first-order valence-corrected chi connectivity index (χ1v) is 7.87. The second-order valence-corrected chi connectivity index (χ2v) is 5.71. The zero-order chi connectivity index (χ0) is 16.4. The summed E-state index contributed by atoms with van der Waals surface area (Å²) in [5.74, 6) is 0.741. The molecule has 0 aliphatic carbocycles. The number of guanidine groups is 1. The van der Waals surface area contributed by atoms with Crippen molar-refractivity contribution in [2.75, 3.05) is 20.1 Å². The lowest BCUT2D eigenvalue weighted by molar-refractivity contribution is -0.121. The van der Waals surface area contributed by atoms with Crippen molar-refractivity contribution >= 4 is 23.5 Å². The summed E-state index contributed by atoms with van der Waals surface area (Å²) < 4.78 is 0. The summed E-state index contributed by atoms with van der Waals surface area (Å²) in [7, 11) is 1.71. The van der Waals surface area contributed by atoms with Gasteiger partial charge in [0.25, 0.3) is 0 Å². The molecule has 0 aliphatic rings. The van der Waals surface area contributed by atoms with E-state index in [1.165, 1.54) is 5.56 Å². The van der Waals surface area contributed by atoms with Gasteiger partial charge in [0.2, 0.25) is 5.91 Å². The lowest BCUT2D eigenvalue weighted by Gasteiger charge is -2.12.